The van der Waals surface area contributed by atoms with Crippen molar-refractivity contribution in [1.29, 1.82) is 5.26 Å². The molecule has 2 amide bonds. The van der Waals surface area contributed by atoms with E-state index in [9.17, 15) is 19.2 Å². The fourth-order valence-electron chi connectivity index (χ4n) is 2.52. The van der Waals surface area contributed by atoms with E-state index in [1.807, 2.05) is 6.07 Å². The van der Waals surface area contributed by atoms with E-state index >= 15 is 0 Å². The lowest BCUT2D eigenvalue weighted by molar-refractivity contribution is -0.112. The minimum atomic E-state index is -0.574. The molecule has 0 aromatic heterocycles. The molecule has 1 aromatic rings. The van der Waals surface area contributed by atoms with Crippen LogP contribution < -0.4 is 10.6 Å². The Labute approximate surface area is 151 Å². The number of piperidine rings is 1. The second kappa shape index (κ2) is 9.42. The van der Waals surface area contributed by atoms with Gasteiger partial charge in [0.15, 0.2) is 0 Å². The van der Waals surface area contributed by atoms with Crippen molar-refractivity contribution in [2.45, 2.75) is 25.8 Å². The van der Waals surface area contributed by atoms with Crippen LogP contribution in [-0.4, -0.2) is 42.6 Å². The van der Waals surface area contributed by atoms with E-state index in [2.05, 4.69) is 10.6 Å². The summed E-state index contributed by atoms with van der Waals surface area (Å²) in [6, 6.07) is 7.18. The van der Waals surface area contributed by atoms with Crippen LogP contribution in [-0.2, 0) is 9.53 Å². The third-order valence-electron chi connectivity index (χ3n) is 3.95. The SMILES string of the molecule is CCOC(=O)N1CCC(N/C=C(/C#N)C(=O)Nc2ccc(F)cc2)CC1. The second-order valence-electron chi connectivity index (χ2n) is 5.76. The Balaban J connectivity index is 1.85. The first-order valence-electron chi connectivity index (χ1n) is 8.38. The van der Waals surface area contributed by atoms with Crippen LogP contribution >= 0.6 is 0 Å². The summed E-state index contributed by atoms with van der Waals surface area (Å²) in [7, 11) is 0. The van der Waals surface area contributed by atoms with Crippen molar-refractivity contribution in [3.05, 3.63) is 41.9 Å². The number of hydrogen-bond donors (Lipinski definition) is 2. The predicted molar refractivity (Wildman–Crippen MR) is 93.5 cm³/mol. The average molecular weight is 360 g/mol. The van der Waals surface area contributed by atoms with Crippen LogP contribution in [0.4, 0.5) is 14.9 Å². The lowest BCUT2D eigenvalue weighted by Crippen LogP contribution is -2.44. The first-order valence-corrected chi connectivity index (χ1v) is 8.38. The van der Waals surface area contributed by atoms with Crippen LogP contribution in [0.25, 0.3) is 0 Å². The minimum absolute atomic E-state index is 0.0580. The van der Waals surface area contributed by atoms with E-state index < -0.39 is 11.7 Å². The number of nitrogens with one attached hydrogen (secondary N) is 2. The van der Waals surface area contributed by atoms with E-state index in [-0.39, 0.29) is 17.7 Å². The van der Waals surface area contributed by atoms with E-state index in [1.165, 1.54) is 30.5 Å². The normalized spacial score (nSPS) is 15.1. The van der Waals surface area contributed by atoms with E-state index in [1.54, 1.807) is 11.8 Å². The number of halogens is 1. The van der Waals surface area contributed by atoms with Crippen LogP contribution in [0.1, 0.15) is 19.8 Å². The number of ether oxygens (including phenoxy) is 1. The zero-order valence-electron chi connectivity index (χ0n) is 14.5. The lowest BCUT2D eigenvalue weighted by atomic mass is 10.1. The molecule has 1 saturated heterocycles. The van der Waals surface area contributed by atoms with E-state index in [0.717, 1.165) is 0 Å². The first-order chi connectivity index (χ1) is 12.5. The minimum Gasteiger partial charge on any atom is -0.450 e. The molecule has 7 nitrogen and oxygen atoms in total. The molecule has 2 N–H and O–H groups in total. The van der Waals surface area contributed by atoms with Crippen LogP contribution in [0.15, 0.2) is 36.0 Å². The van der Waals surface area contributed by atoms with Gasteiger partial charge in [0, 0.05) is 31.0 Å². The average Bonchev–Trinajstić information content (AvgIpc) is 2.65. The van der Waals surface area contributed by atoms with Crippen LogP contribution in [0.3, 0.4) is 0 Å². The molecule has 2 rings (SSSR count). The maximum atomic E-state index is 12.9. The quantitative estimate of drug-likeness (QED) is 0.621. The number of carbonyl (C=O) groups is 2. The summed E-state index contributed by atoms with van der Waals surface area (Å²) in [5, 5.41) is 14.8. The van der Waals surface area contributed by atoms with Crippen molar-refractivity contribution in [2.75, 3.05) is 25.0 Å². The summed E-state index contributed by atoms with van der Waals surface area (Å²) in [4.78, 5) is 25.4. The lowest BCUT2D eigenvalue weighted by Gasteiger charge is -2.31. The Morgan fingerprint density at radius 2 is 2.00 bits per heavy atom. The van der Waals surface area contributed by atoms with Crippen molar-refractivity contribution >= 4 is 17.7 Å². The molecule has 0 saturated carbocycles. The number of benzene rings is 1. The van der Waals surface area contributed by atoms with Crippen molar-refractivity contribution in [3.8, 4) is 6.07 Å². The summed E-state index contributed by atoms with van der Waals surface area (Å²) in [5.74, 6) is -0.981. The molecule has 138 valence electrons. The van der Waals surface area contributed by atoms with Crippen molar-refractivity contribution < 1.29 is 18.7 Å². The summed E-state index contributed by atoms with van der Waals surface area (Å²) in [6.07, 6.45) is 2.43. The molecule has 0 radical (unpaired) electrons. The molecule has 0 aliphatic carbocycles. The first kappa shape index (κ1) is 19.2. The Morgan fingerprint density at radius 1 is 1.35 bits per heavy atom. The van der Waals surface area contributed by atoms with Crippen LogP contribution in [0, 0.1) is 17.1 Å². The molecule has 1 aliphatic rings. The zero-order chi connectivity index (χ0) is 18.9. The van der Waals surface area contributed by atoms with Gasteiger partial charge in [0.05, 0.1) is 6.61 Å². The van der Waals surface area contributed by atoms with Gasteiger partial charge in [0.2, 0.25) is 0 Å². The fraction of sp³-hybridized carbons (Fsp3) is 0.389. The highest BCUT2D eigenvalue weighted by Gasteiger charge is 2.23. The van der Waals surface area contributed by atoms with Gasteiger partial charge in [0.25, 0.3) is 5.91 Å². The Kier molecular flexibility index (Phi) is 6.97. The maximum Gasteiger partial charge on any atom is 0.409 e. The number of hydrogen-bond acceptors (Lipinski definition) is 5. The Morgan fingerprint density at radius 3 is 2.58 bits per heavy atom. The van der Waals surface area contributed by atoms with E-state index in [4.69, 9.17) is 4.74 Å². The summed E-state index contributed by atoms with van der Waals surface area (Å²) in [6.45, 7) is 3.20. The van der Waals surface area contributed by atoms with E-state index in [0.29, 0.717) is 38.2 Å². The summed E-state index contributed by atoms with van der Waals surface area (Å²) in [5.41, 5.74) is 0.322. The molecule has 0 atom stereocenters. The van der Waals surface area contributed by atoms with Gasteiger partial charge in [-0.3, -0.25) is 4.79 Å². The van der Waals surface area contributed by atoms with Gasteiger partial charge < -0.3 is 20.3 Å². The van der Waals surface area contributed by atoms with Crippen molar-refractivity contribution in [2.24, 2.45) is 0 Å². The van der Waals surface area contributed by atoms with Crippen molar-refractivity contribution in [1.82, 2.24) is 10.2 Å². The largest absolute Gasteiger partial charge is 0.450 e. The maximum absolute atomic E-state index is 12.9. The summed E-state index contributed by atoms with van der Waals surface area (Å²) < 4.78 is 17.8. The molecule has 26 heavy (non-hydrogen) atoms. The van der Waals surface area contributed by atoms with Gasteiger partial charge in [-0.25, -0.2) is 9.18 Å². The highest BCUT2D eigenvalue weighted by molar-refractivity contribution is 6.06. The monoisotopic (exact) mass is 360 g/mol. The Hall–Kier alpha value is -3.08. The van der Waals surface area contributed by atoms with Gasteiger partial charge in [-0.05, 0) is 44.0 Å². The third-order valence-corrected chi connectivity index (χ3v) is 3.95. The summed E-state index contributed by atoms with van der Waals surface area (Å²) >= 11 is 0. The number of nitrogens with zero attached hydrogens (tertiary/aromatic N) is 2. The van der Waals surface area contributed by atoms with Gasteiger partial charge in [-0.15, -0.1) is 0 Å². The number of rotatable bonds is 5. The molecule has 0 unspecified atom stereocenters. The molecule has 1 fully saturated rings. The second-order valence-corrected chi connectivity index (χ2v) is 5.76. The highest BCUT2D eigenvalue weighted by Crippen LogP contribution is 2.13. The molecular weight excluding hydrogens is 339 g/mol. The molecule has 1 aromatic carbocycles. The predicted octanol–water partition coefficient (Wildman–Crippen LogP) is 2.38. The number of amides is 2. The van der Waals surface area contributed by atoms with Gasteiger partial charge >= 0.3 is 6.09 Å². The standard InChI is InChI=1S/C18H21FN4O3/c1-2-26-18(25)23-9-7-15(8-10-23)21-12-13(11-20)17(24)22-16-5-3-14(19)4-6-16/h3-6,12,15,21H,2,7-10H2,1H3,(H,22,24)/b13-12-. The fourth-order valence-corrected chi connectivity index (χ4v) is 2.52. The molecule has 0 spiro atoms. The number of anilines is 1. The molecule has 8 heteroatoms. The van der Waals surface area contributed by atoms with Crippen LogP contribution in [0.5, 0.6) is 0 Å². The van der Waals surface area contributed by atoms with Gasteiger partial charge in [-0.1, -0.05) is 0 Å². The van der Waals surface area contributed by atoms with Crippen LogP contribution in [0.2, 0.25) is 0 Å². The molecule has 1 heterocycles. The third kappa shape index (κ3) is 5.48. The van der Waals surface area contributed by atoms with Gasteiger partial charge in [0.1, 0.15) is 17.5 Å². The molecular formula is C18H21FN4O3. The Bertz CT molecular complexity index is 704. The highest BCUT2D eigenvalue weighted by atomic mass is 19.1. The topological polar surface area (TPSA) is 94.5 Å². The molecule has 1 aliphatic heterocycles. The number of likely N-dealkylation sites (tertiary alicyclic amines) is 1. The van der Waals surface area contributed by atoms with Crippen molar-refractivity contribution in [3.63, 3.8) is 0 Å². The smallest absolute Gasteiger partial charge is 0.409 e. The molecule has 0 bridgehead atoms. The van der Waals surface area contributed by atoms with Gasteiger partial charge in [-0.2, -0.15) is 5.26 Å². The number of nitriles is 1. The zero-order valence-corrected chi connectivity index (χ0v) is 14.5. The number of carbonyl (C=O) groups excluding carboxylic acids is 2.